The molecule has 0 radical (unpaired) electrons. The van der Waals surface area contributed by atoms with Crippen LogP contribution in [0.5, 0.6) is 0 Å². The molecule has 2 aromatic carbocycles. The number of nitrogen functional groups attached to an aromatic ring is 1. The first kappa shape index (κ1) is 23.6. The molecule has 9 heteroatoms. The van der Waals surface area contributed by atoms with Gasteiger partial charge >= 0.3 is 0 Å². The van der Waals surface area contributed by atoms with Gasteiger partial charge in [0.25, 0.3) is 5.91 Å². The highest BCUT2D eigenvalue weighted by molar-refractivity contribution is 5.97. The van der Waals surface area contributed by atoms with Gasteiger partial charge in [0.2, 0.25) is 5.91 Å². The van der Waals surface area contributed by atoms with E-state index in [1.807, 2.05) is 38.1 Å². The number of benzene rings is 2. The van der Waals surface area contributed by atoms with Crippen LogP contribution in [0.2, 0.25) is 0 Å². The predicted molar refractivity (Wildman–Crippen MR) is 128 cm³/mol. The van der Waals surface area contributed by atoms with Gasteiger partial charge < -0.3 is 16.0 Å². The lowest BCUT2D eigenvalue weighted by Gasteiger charge is -2.37. The molecular weight excluding hydrogens is 435 g/mol. The number of halogens is 1. The molecule has 4 rings (SSSR count). The van der Waals surface area contributed by atoms with E-state index < -0.39 is 17.8 Å². The Labute approximate surface area is 198 Å². The fraction of sp³-hybridized carbons (Fsp3) is 0.360. The monoisotopic (exact) mass is 464 g/mol. The van der Waals surface area contributed by atoms with Gasteiger partial charge in [0, 0.05) is 31.6 Å². The zero-order chi connectivity index (χ0) is 24.2. The second kappa shape index (κ2) is 10.1. The van der Waals surface area contributed by atoms with Gasteiger partial charge in [0.1, 0.15) is 23.5 Å². The summed E-state index contributed by atoms with van der Waals surface area (Å²) in [5.74, 6) is -0.399. The highest BCUT2D eigenvalue weighted by Crippen LogP contribution is 2.18. The van der Waals surface area contributed by atoms with Gasteiger partial charge in [-0.15, -0.1) is 0 Å². The highest BCUT2D eigenvalue weighted by Gasteiger charge is 2.31. The van der Waals surface area contributed by atoms with Crippen LogP contribution in [-0.2, 0) is 11.3 Å². The summed E-state index contributed by atoms with van der Waals surface area (Å²) >= 11 is 0. The maximum absolute atomic E-state index is 14.0. The molecule has 0 bridgehead atoms. The predicted octanol–water partition coefficient (Wildman–Crippen LogP) is 2.45. The Hall–Kier alpha value is -3.59. The number of piperazine rings is 1. The average Bonchev–Trinajstić information content (AvgIpc) is 2.82. The Balaban J connectivity index is 1.37. The van der Waals surface area contributed by atoms with E-state index in [0.29, 0.717) is 44.4 Å². The van der Waals surface area contributed by atoms with Crippen molar-refractivity contribution in [3.8, 4) is 0 Å². The number of carbonyl (C=O) groups is 2. The largest absolute Gasteiger partial charge is 0.383 e. The molecule has 178 valence electrons. The van der Waals surface area contributed by atoms with E-state index in [-0.39, 0.29) is 17.4 Å². The maximum atomic E-state index is 14.0. The summed E-state index contributed by atoms with van der Waals surface area (Å²) in [6.07, 6.45) is 0. The molecule has 0 unspecified atom stereocenters. The summed E-state index contributed by atoms with van der Waals surface area (Å²) in [6.45, 7) is 6.59. The molecule has 34 heavy (non-hydrogen) atoms. The molecule has 1 aromatic heterocycles. The van der Waals surface area contributed by atoms with Crippen molar-refractivity contribution in [1.82, 2.24) is 25.1 Å². The topological polar surface area (TPSA) is 104 Å². The van der Waals surface area contributed by atoms with Crippen molar-refractivity contribution in [2.24, 2.45) is 5.92 Å². The molecule has 2 amide bonds. The normalized spacial score (nSPS) is 15.5. The number of hydrogen-bond acceptors (Lipinski definition) is 6. The van der Waals surface area contributed by atoms with E-state index in [1.54, 1.807) is 11.0 Å². The molecule has 0 aliphatic carbocycles. The fourth-order valence-corrected chi connectivity index (χ4v) is 4.12. The minimum Gasteiger partial charge on any atom is -0.383 e. The van der Waals surface area contributed by atoms with Crippen LogP contribution in [0, 0.1) is 11.7 Å². The highest BCUT2D eigenvalue weighted by atomic mass is 19.1. The molecule has 3 aromatic rings. The van der Waals surface area contributed by atoms with Crippen molar-refractivity contribution < 1.29 is 14.0 Å². The quantitative estimate of drug-likeness (QED) is 0.581. The number of nitrogens with two attached hydrogens (primary N) is 1. The number of hydrogen-bond donors (Lipinski definition) is 2. The van der Waals surface area contributed by atoms with Gasteiger partial charge in [-0.3, -0.25) is 14.5 Å². The average molecular weight is 465 g/mol. The van der Waals surface area contributed by atoms with Gasteiger partial charge in [-0.1, -0.05) is 38.1 Å². The molecule has 1 saturated heterocycles. The number of rotatable bonds is 6. The number of aromatic nitrogens is 2. The zero-order valence-electron chi connectivity index (χ0n) is 19.4. The van der Waals surface area contributed by atoms with Gasteiger partial charge in [0.15, 0.2) is 0 Å². The minimum atomic E-state index is -0.734. The molecule has 1 aliphatic heterocycles. The summed E-state index contributed by atoms with van der Waals surface area (Å²) < 4.78 is 14.0. The zero-order valence-corrected chi connectivity index (χ0v) is 19.4. The van der Waals surface area contributed by atoms with E-state index in [4.69, 9.17) is 5.73 Å². The van der Waals surface area contributed by atoms with E-state index in [9.17, 15) is 14.0 Å². The summed E-state index contributed by atoms with van der Waals surface area (Å²) in [7, 11) is 0. The smallest absolute Gasteiger partial charge is 0.254 e. The number of amides is 2. The second-order valence-corrected chi connectivity index (χ2v) is 8.82. The minimum absolute atomic E-state index is 0.0690. The summed E-state index contributed by atoms with van der Waals surface area (Å²) in [6, 6.07) is 12.6. The van der Waals surface area contributed by atoms with Crippen LogP contribution < -0.4 is 11.1 Å². The maximum Gasteiger partial charge on any atom is 0.254 e. The number of nitrogens with zero attached hydrogens (tertiary/aromatic N) is 4. The SMILES string of the molecule is CC(C)[C@@H](NC(=O)c1ccccc1F)C(=O)N1CCN(Cc2nc(N)c3ccccc3n2)CC1. The number of anilines is 1. The Morgan fingerprint density at radius 2 is 1.71 bits per heavy atom. The molecule has 1 aliphatic rings. The van der Waals surface area contributed by atoms with Gasteiger partial charge in [0.05, 0.1) is 17.6 Å². The van der Waals surface area contributed by atoms with Gasteiger partial charge in [-0.05, 0) is 30.2 Å². The summed E-state index contributed by atoms with van der Waals surface area (Å²) in [5, 5.41) is 3.56. The lowest BCUT2D eigenvalue weighted by atomic mass is 10.0. The first-order valence-electron chi connectivity index (χ1n) is 11.4. The van der Waals surface area contributed by atoms with Crippen LogP contribution in [0.1, 0.15) is 30.0 Å². The standard InChI is InChI=1S/C25H29FN6O2/c1-16(2)22(30-24(33)17-7-3-5-9-19(17)26)25(34)32-13-11-31(12-14-32)15-21-28-20-10-6-4-8-18(20)23(27)29-21/h3-10,16,22H,11-15H2,1-2H3,(H,30,33)(H2,27,28,29)/t22-/m1/s1. The number of fused-ring (bicyclic) bond motifs is 1. The molecule has 2 heterocycles. The molecular formula is C25H29FN6O2. The molecule has 0 saturated carbocycles. The first-order chi connectivity index (χ1) is 16.3. The Bertz CT molecular complexity index is 1190. The van der Waals surface area contributed by atoms with Crippen molar-refractivity contribution >= 4 is 28.5 Å². The van der Waals surface area contributed by atoms with Crippen molar-refractivity contribution in [2.75, 3.05) is 31.9 Å². The number of para-hydroxylation sites is 1. The Morgan fingerprint density at radius 3 is 2.41 bits per heavy atom. The van der Waals surface area contributed by atoms with Crippen LogP contribution >= 0.6 is 0 Å². The molecule has 0 spiro atoms. The van der Waals surface area contributed by atoms with Crippen molar-refractivity contribution in [2.45, 2.75) is 26.4 Å². The van der Waals surface area contributed by atoms with E-state index in [2.05, 4.69) is 20.2 Å². The first-order valence-corrected chi connectivity index (χ1v) is 11.4. The summed E-state index contributed by atoms with van der Waals surface area (Å²) in [4.78, 5) is 38.8. The second-order valence-electron chi connectivity index (χ2n) is 8.82. The third kappa shape index (κ3) is 5.14. The molecule has 1 fully saturated rings. The van der Waals surface area contributed by atoms with E-state index in [1.165, 1.54) is 18.2 Å². The Kier molecular flexibility index (Phi) is 7.02. The van der Waals surface area contributed by atoms with Crippen LogP contribution in [0.25, 0.3) is 10.9 Å². The summed E-state index contributed by atoms with van der Waals surface area (Å²) in [5.41, 5.74) is 6.84. The van der Waals surface area contributed by atoms with Crippen LogP contribution in [0.3, 0.4) is 0 Å². The van der Waals surface area contributed by atoms with Crippen molar-refractivity contribution in [1.29, 1.82) is 0 Å². The van der Waals surface area contributed by atoms with Crippen LogP contribution in [-0.4, -0.2) is 63.8 Å². The van der Waals surface area contributed by atoms with Gasteiger partial charge in [-0.2, -0.15) is 0 Å². The molecule has 8 nitrogen and oxygen atoms in total. The van der Waals surface area contributed by atoms with Crippen LogP contribution in [0.4, 0.5) is 10.2 Å². The number of nitrogens with one attached hydrogen (secondary N) is 1. The number of carbonyl (C=O) groups excluding carboxylic acids is 2. The van der Waals surface area contributed by atoms with E-state index in [0.717, 1.165) is 10.9 Å². The lowest BCUT2D eigenvalue weighted by Crippen LogP contribution is -2.56. The van der Waals surface area contributed by atoms with Crippen molar-refractivity contribution in [3.63, 3.8) is 0 Å². The van der Waals surface area contributed by atoms with Gasteiger partial charge in [-0.25, -0.2) is 14.4 Å². The Morgan fingerprint density at radius 1 is 1.03 bits per heavy atom. The fourth-order valence-electron chi connectivity index (χ4n) is 4.12. The van der Waals surface area contributed by atoms with E-state index >= 15 is 0 Å². The molecule has 1 atom stereocenters. The third-order valence-corrected chi connectivity index (χ3v) is 6.07. The van der Waals surface area contributed by atoms with Crippen molar-refractivity contribution in [3.05, 3.63) is 65.7 Å². The lowest BCUT2D eigenvalue weighted by molar-refractivity contribution is -0.136. The third-order valence-electron chi connectivity index (χ3n) is 6.07. The van der Waals surface area contributed by atoms with Crippen LogP contribution in [0.15, 0.2) is 48.5 Å². The molecule has 3 N–H and O–H groups in total.